The number of nitrogens with zero attached hydrogens (tertiary/aromatic N) is 1. The monoisotopic (exact) mass is 481 g/mol. The van der Waals surface area contributed by atoms with Gasteiger partial charge in [0.1, 0.15) is 11.5 Å². The fraction of sp³-hybridized carbons (Fsp3) is 0.0870. The highest BCUT2D eigenvalue weighted by Gasteiger charge is 2.09. The first-order chi connectivity index (χ1) is 15.0. The lowest BCUT2D eigenvalue weighted by molar-refractivity contribution is -0.119. The summed E-state index contributed by atoms with van der Waals surface area (Å²) < 4.78 is 11.4. The van der Waals surface area contributed by atoms with Crippen LogP contribution in [0.1, 0.15) is 15.9 Å². The number of hydrogen-bond donors (Lipinski definition) is 2. The second-order valence-corrected chi connectivity index (χ2v) is 7.24. The van der Waals surface area contributed by atoms with Crippen LogP contribution in [-0.2, 0) is 4.79 Å². The van der Waals surface area contributed by atoms with Gasteiger partial charge in [0.15, 0.2) is 0 Å². The molecule has 0 spiro atoms. The fourth-order valence-corrected chi connectivity index (χ4v) is 3.02. The van der Waals surface area contributed by atoms with Gasteiger partial charge in [0.05, 0.1) is 31.1 Å². The molecule has 0 radical (unpaired) electrons. The summed E-state index contributed by atoms with van der Waals surface area (Å²) in [6.45, 7) is 0.0298. The van der Waals surface area contributed by atoms with Gasteiger partial charge in [-0.1, -0.05) is 46.3 Å². The molecule has 0 saturated heterocycles. The summed E-state index contributed by atoms with van der Waals surface area (Å²) >= 11 is 3.33. The van der Waals surface area contributed by atoms with E-state index < -0.39 is 5.97 Å². The van der Waals surface area contributed by atoms with Crippen molar-refractivity contribution in [3.8, 4) is 11.5 Å². The Morgan fingerprint density at radius 1 is 1.03 bits per heavy atom. The quantitative estimate of drug-likeness (QED) is 0.217. The highest BCUT2D eigenvalue weighted by molar-refractivity contribution is 9.10. The second-order valence-electron chi connectivity index (χ2n) is 6.32. The smallest absolute Gasteiger partial charge is 0.343 e. The van der Waals surface area contributed by atoms with Crippen LogP contribution in [-0.4, -0.2) is 31.7 Å². The van der Waals surface area contributed by atoms with Crippen molar-refractivity contribution >= 4 is 39.7 Å². The first-order valence-corrected chi connectivity index (χ1v) is 10.1. The van der Waals surface area contributed by atoms with Gasteiger partial charge < -0.3 is 14.8 Å². The SMILES string of the molecule is COc1ccccc1NCC(=O)N/N=C/c1cccc(OC(=O)c2cccc(Br)c2)c1. The summed E-state index contributed by atoms with van der Waals surface area (Å²) in [6.07, 6.45) is 1.47. The van der Waals surface area contributed by atoms with Crippen molar-refractivity contribution in [1.29, 1.82) is 0 Å². The summed E-state index contributed by atoms with van der Waals surface area (Å²) in [6, 6.07) is 21.1. The summed E-state index contributed by atoms with van der Waals surface area (Å²) in [7, 11) is 1.56. The number of hydrazone groups is 1. The van der Waals surface area contributed by atoms with Crippen LogP contribution in [0.15, 0.2) is 82.4 Å². The number of benzene rings is 3. The zero-order valence-corrected chi connectivity index (χ0v) is 18.3. The number of esters is 1. The van der Waals surface area contributed by atoms with Gasteiger partial charge in [0.2, 0.25) is 0 Å². The van der Waals surface area contributed by atoms with Crippen molar-refractivity contribution in [2.75, 3.05) is 19.0 Å². The average Bonchev–Trinajstić information content (AvgIpc) is 2.78. The number of para-hydroxylation sites is 2. The van der Waals surface area contributed by atoms with Crippen molar-refractivity contribution < 1.29 is 19.1 Å². The Kier molecular flexibility index (Phi) is 7.78. The molecule has 8 heteroatoms. The summed E-state index contributed by atoms with van der Waals surface area (Å²) in [5.74, 6) is 0.233. The van der Waals surface area contributed by atoms with Gasteiger partial charge in [-0.3, -0.25) is 4.79 Å². The van der Waals surface area contributed by atoms with E-state index in [-0.39, 0.29) is 12.5 Å². The van der Waals surface area contributed by atoms with Gasteiger partial charge >= 0.3 is 5.97 Å². The molecule has 0 aliphatic carbocycles. The van der Waals surface area contributed by atoms with Crippen LogP contribution in [0.5, 0.6) is 11.5 Å². The standard InChI is InChI=1S/C23H20BrN3O4/c1-30-21-11-3-2-10-20(21)25-15-22(28)27-26-14-16-6-4-9-19(12-16)31-23(29)17-7-5-8-18(24)13-17/h2-14,25H,15H2,1H3,(H,27,28)/b26-14+. The number of amides is 1. The number of anilines is 1. The third-order valence-corrected chi connectivity index (χ3v) is 4.57. The first-order valence-electron chi connectivity index (χ1n) is 9.32. The minimum absolute atomic E-state index is 0.0298. The molecule has 0 bridgehead atoms. The van der Waals surface area contributed by atoms with Crippen LogP contribution in [0.2, 0.25) is 0 Å². The molecule has 0 aromatic heterocycles. The lowest BCUT2D eigenvalue weighted by Gasteiger charge is -2.09. The minimum Gasteiger partial charge on any atom is -0.495 e. The predicted octanol–water partition coefficient (Wildman–Crippen LogP) is 4.24. The zero-order chi connectivity index (χ0) is 22.1. The van der Waals surface area contributed by atoms with Crippen molar-refractivity contribution in [3.05, 3.63) is 88.4 Å². The molecule has 0 aliphatic heterocycles. The third-order valence-electron chi connectivity index (χ3n) is 4.08. The number of rotatable bonds is 8. The number of hydrogen-bond acceptors (Lipinski definition) is 6. The molecule has 158 valence electrons. The molecular weight excluding hydrogens is 462 g/mol. The number of carbonyl (C=O) groups excluding carboxylic acids is 2. The van der Waals surface area contributed by atoms with E-state index in [1.807, 2.05) is 24.3 Å². The van der Waals surface area contributed by atoms with E-state index in [1.165, 1.54) is 6.21 Å². The van der Waals surface area contributed by atoms with Crippen LogP contribution in [0.25, 0.3) is 0 Å². The fourth-order valence-electron chi connectivity index (χ4n) is 2.62. The van der Waals surface area contributed by atoms with Gasteiger partial charge in [-0.2, -0.15) is 5.10 Å². The number of halogens is 1. The van der Waals surface area contributed by atoms with Crippen molar-refractivity contribution in [1.82, 2.24) is 5.43 Å². The van der Waals surface area contributed by atoms with Gasteiger partial charge in [-0.25, -0.2) is 10.2 Å². The average molecular weight is 482 g/mol. The zero-order valence-electron chi connectivity index (χ0n) is 16.7. The number of nitrogens with one attached hydrogen (secondary N) is 2. The Hall–Kier alpha value is -3.65. The van der Waals surface area contributed by atoms with Gasteiger partial charge in [0, 0.05) is 4.47 Å². The Morgan fingerprint density at radius 2 is 1.84 bits per heavy atom. The third kappa shape index (κ3) is 6.68. The van der Waals surface area contributed by atoms with Gasteiger partial charge in [-0.15, -0.1) is 0 Å². The second kappa shape index (κ2) is 10.9. The van der Waals surface area contributed by atoms with Crippen molar-refractivity contribution in [3.63, 3.8) is 0 Å². The molecule has 0 fully saturated rings. The molecule has 3 aromatic rings. The molecule has 31 heavy (non-hydrogen) atoms. The number of methoxy groups -OCH3 is 1. The molecular formula is C23H20BrN3O4. The normalized spacial score (nSPS) is 10.5. The number of carbonyl (C=O) groups is 2. The Morgan fingerprint density at radius 3 is 2.65 bits per heavy atom. The van der Waals surface area contributed by atoms with Crippen molar-refractivity contribution in [2.45, 2.75) is 0 Å². The van der Waals surface area contributed by atoms with Crippen LogP contribution >= 0.6 is 15.9 Å². The maximum Gasteiger partial charge on any atom is 0.343 e. The lowest BCUT2D eigenvalue weighted by atomic mass is 10.2. The molecule has 7 nitrogen and oxygen atoms in total. The highest BCUT2D eigenvalue weighted by Crippen LogP contribution is 2.22. The maximum atomic E-state index is 12.3. The molecule has 0 saturated carbocycles. The first kappa shape index (κ1) is 22.0. The summed E-state index contributed by atoms with van der Waals surface area (Å²) in [5.41, 5.74) is 4.26. The van der Waals surface area contributed by atoms with Gasteiger partial charge in [0.25, 0.3) is 5.91 Å². The molecule has 3 rings (SSSR count). The Labute approximate surface area is 188 Å². The van der Waals surface area contributed by atoms with Crippen molar-refractivity contribution in [2.24, 2.45) is 5.10 Å². The van der Waals surface area contributed by atoms with Crippen LogP contribution in [0, 0.1) is 0 Å². The van der Waals surface area contributed by atoms with E-state index in [4.69, 9.17) is 9.47 Å². The molecule has 0 heterocycles. The maximum absolute atomic E-state index is 12.3. The van der Waals surface area contributed by atoms with E-state index in [0.29, 0.717) is 28.3 Å². The minimum atomic E-state index is -0.467. The van der Waals surface area contributed by atoms with E-state index in [2.05, 4.69) is 31.8 Å². The van der Waals surface area contributed by atoms with E-state index >= 15 is 0 Å². The van der Waals surface area contributed by atoms with E-state index in [1.54, 1.807) is 55.6 Å². The number of ether oxygens (including phenoxy) is 2. The summed E-state index contributed by atoms with van der Waals surface area (Å²) in [4.78, 5) is 24.3. The van der Waals surface area contributed by atoms with E-state index in [0.717, 1.165) is 4.47 Å². The summed E-state index contributed by atoms with van der Waals surface area (Å²) in [5, 5.41) is 6.94. The lowest BCUT2D eigenvalue weighted by Crippen LogP contribution is -2.26. The largest absolute Gasteiger partial charge is 0.495 e. The molecule has 2 N–H and O–H groups in total. The Bertz CT molecular complexity index is 1100. The molecule has 0 aliphatic rings. The van der Waals surface area contributed by atoms with E-state index in [9.17, 15) is 9.59 Å². The highest BCUT2D eigenvalue weighted by atomic mass is 79.9. The Balaban J connectivity index is 1.53. The molecule has 1 amide bonds. The van der Waals surface area contributed by atoms with Crippen LogP contribution in [0.3, 0.4) is 0 Å². The van der Waals surface area contributed by atoms with Crippen LogP contribution < -0.4 is 20.2 Å². The van der Waals surface area contributed by atoms with Gasteiger partial charge in [-0.05, 0) is 48.0 Å². The molecule has 0 unspecified atom stereocenters. The van der Waals surface area contributed by atoms with Crippen LogP contribution in [0.4, 0.5) is 5.69 Å². The topological polar surface area (TPSA) is 89.0 Å². The predicted molar refractivity (Wildman–Crippen MR) is 123 cm³/mol. The molecule has 0 atom stereocenters. The molecule has 3 aromatic carbocycles.